The molecular weight excluding hydrogens is 848 g/mol. The molecule has 2 aromatic carbocycles. The number of nitrogens with zero attached hydrogens (tertiary/aromatic N) is 8. The van der Waals surface area contributed by atoms with E-state index in [1.165, 1.54) is 21.9 Å². The van der Waals surface area contributed by atoms with Gasteiger partial charge in [-0.3, -0.25) is 24.2 Å². The topological polar surface area (TPSA) is 144 Å². The molecule has 3 aromatic heterocycles. The minimum Gasteiger partial charge on any atom is -0.392 e. The Hall–Kier alpha value is -6.32. The Kier molecular flexibility index (Phi) is 12.1. The first-order valence-electron chi connectivity index (χ1n) is 23.5. The highest BCUT2D eigenvalue weighted by Gasteiger charge is 2.38. The van der Waals surface area contributed by atoms with Crippen LogP contribution < -0.4 is 30.9 Å². The summed E-state index contributed by atoms with van der Waals surface area (Å²) in [7, 11) is 1.64. The van der Waals surface area contributed by atoms with Gasteiger partial charge in [0.25, 0.3) is 11.5 Å². The second kappa shape index (κ2) is 17.7. The number of piperidine rings is 1. The Morgan fingerprint density at radius 3 is 2.49 bits per heavy atom. The molecule has 352 valence electrons. The predicted octanol–water partition coefficient (Wildman–Crippen LogP) is 7.41. The Balaban J connectivity index is 0.916. The maximum atomic E-state index is 14.7. The minimum absolute atomic E-state index is 0.0439. The number of halogens is 1. The maximum absolute atomic E-state index is 14.7. The van der Waals surface area contributed by atoms with E-state index in [9.17, 15) is 23.9 Å². The van der Waals surface area contributed by atoms with Gasteiger partial charge >= 0.3 is 0 Å². The van der Waals surface area contributed by atoms with Crippen LogP contribution in [0.2, 0.25) is 0 Å². The lowest BCUT2D eigenvalue weighted by Crippen LogP contribution is -2.57. The van der Waals surface area contributed by atoms with Crippen molar-refractivity contribution in [1.29, 1.82) is 0 Å². The van der Waals surface area contributed by atoms with Gasteiger partial charge in [-0.25, -0.2) is 14.4 Å². The monoisotopic (exact) mass is 911 g/mol. The number of pyridine rings is 1. The van der Waals surface area contributed by atoms with Gasteiger partial charge in [0.15, 0.2) is 5.82 Å². The summed E-state index contributed by atoms with van der Waals surface area (Å²) in [4.78, 5) is 58.9. The first kappa shape index (κ1) is 45.8. The zero-order valence-electron chi connectivity index (χ0n) is 39.8. The number of hydrogen-bond acceptors (Lipinski definition) is 10. The average molecular weight is 911 g/mol. The molecule has 1 atom stereocenters. The zero-order valence-corrected chi connectivity index (χ0v) is 39.8. The summed E-state index contributed by atoms with van der Waals surface area (Å²) in [5.41, 5.74) is 7.74. The summed E-state index contributed by atoms with van der Waals surface area (Å²) in [6, 6.07) is 15.5. The number of carbonyl (C=O) groups is 2. The SMILES string of the molecule is C=CC(=O)Nc1cc(Nc2nc(-c3ccnc(N4CCn5c(cc6c5CC(C)(C)C6)C4=O)c3CO)cn(C)c2=O)ccc1N1CCN(C2CCN(c3ccc(F)c(C(C)(C)C)c3)CC2)CC1C. The van der Waals surface area contributed by atoms with Crippen molar-refractivity contribution in [2.45, 2.75) is 97.9 Å². The van der Waals surface area contributed by atoms with E-state index in [0.717, 1.165) is 75.3 Å². The molecule has 9 rings (SSSR count). The van der Waals surface area contributed by atoms with Crippen LogP contribution in [0.3, 0.4) is 0 Å². The molecule has 6 heterocycles. The summed E-state index contributed by atoms with van der Waals surface area (Å²) in [6.07, 6.45) is 8.32. The second-order valence-electron chi connectivity index (χ2n) is 20.6. The zero-order chi connectivity index (χ0) is 47.5. The fourth-order valence-corrected chi connectivity index (χ4v) is 10.8. The van der Waals surface area contributed by atoms with Crippen LogP contribution in [0.25, 0.3) is 11.3 Å². The molecule has 5 aromatic rings. The number of anilines is 6. The Morgan fingerprint density at radius 1 is 1.00 bits per heavy atom. The minimum atomic E-state index is -0.406. The van der Waals surface area contributed by atoms with E-state index in [1.807, 2.05) is 51.1 Å². The van der Waals surface area contributed by atoms with E-state index in [1.54, 1.807) is 42.5 Å². The highest BCUT2D eigenvalue weighted by molar-refractivity contribution is 6.06. The predicted molar refractivity (Wildman–Crippen MR) is 263 cm³/mol. The van der Waals surface area contributed by atoms with Gasteiger partial charge in [0.05, 0.1) is 23.7 Å². The van der Waals surface area contributed by atoms with Crippen LogP contribution in [0.1, 0.15) is 87.3 Å². The first-order valence-corrected chi connectivity index (χ1v) is 23.5. The van der Waals surface area contributed by atoms with Crippen LogP contribution in [0.15, 0.2) is 78.4 Å². The maximum Gasteiger partial charge on any atom is 0.293 e. The third-order valence-electron chi connectivity index (χ3n) is 14.2. The van der Waals surface area contributed by atoms with Gasteiger partial charge in [-0.1, -0.05) is 41.2 Å². The van der Waals surface area contributed by atoms with E-state index in [4.69, 9.17) is 4.98 Å². The molecule has 2 amide bonds. The smallest absolute Gasteiger partial charge is 0.293 e. The number of aliphatic hydroxyl groups excluding tert-OH is 1. The largest absolute Gasteiger partial charge is 0.392 e. The molecule has 2 saturated heterocycles. The van der Waals surface area contributed by atoms with Crippen LogP contribution in [0.5, 0.6) is 0 Å². The van der Waals surface area contributed by atoms with Crippen molar-refractivity contribution in [3.8, 4) is 11.3 Å². The summed E-state index contributed by atoms with van der Waals surface area (Å²) >= 11 is 0. The summed E-state index contributed by atoms with van der Waals surface area (Å²) in [5, 5.41) is 17.1. The molecule has 67 heavy (non-hydrogen) atoms. The van der Waals surface area contributed by atoms with Gasteiger partial charge in [-0.15, -0.1) is 0 Å². The highest BCUT2D eigenvalue weighted by atomic mass is 19.1. The molecule has 0 spiro atoms. The fraction of sp³-hybridized carbons (Fsp3) is 0.442. The first-order chi connectivity index (χ1) is 31.9. The van der Waals surface area contributed by atoms with Crippen LogP contribution >= 0.6 is 0 Å². The van der Waals surface area contributed by atoms with Gasteiger partial charge < -0.3 is 34.7 Å². The lowest BCUT2D eigenvalue weighted by Gasteiger charge is -2.47. The summed E-state index contributed by atoms with van der Waals surface area (Å²) in [6.45, 7) is 21.4. The number of piperazine rings is 1. The number of carbonyl (C=O) groups excluding carboxylic acids is 2. The summed E-state index contributed by atoms with van der Waals surface area (Å²) in [5.74, 6) is -0.278. The van der Waals surface area contributed by atoms with Gasteiger partial charge in [0.1, 0.15) is 17.3 Å². The van der Waals surface area contributed by atoms with E-state index in [-0.39, 0.29) is 45.9 Å². The third-order valence-corrected chi connectivity index (χ3v) is 14.2. The Labute approximate surface area is 392 Å². The molecule has 2 fully saturated rings. The average Bonchev–Trinajstić information content (AvgIpc) is 3.79. The van der Waals surface area contributed by atoms with Gasteiger partial charge in [-0.2, -0.15) is 0 Å². The van der Waals surface area contributed by atoms with E-state index in [2.05, 4.69) is 62.2 Å². The second-order valence-corrected chi connectivity index (χ2v) is 20.6. The van der Waals surface area contributed by atoms with E-state index < -0.39 is 6.61 Å². The lowest BCUT2D eigenvalue weighted by molar-refractivity contribution is -0.111. The number of aromatic nitrogens is 4. The highest BCUT2D eigenvalue weighted by Crippen LogP contribution is 2.41. The third kappa shape index (κ3) is 8.86. The molecule has 15 heteroatoms. The van der Waals surface area contributed by atoms with Gasteiger partial charge in [0, 0.05) is 106 Å². The van der Waals surface area contributed by atoms with Gasteiger partial charge in [0.2, 0.25) is 5.91 Å². The number of nitrogens with one attached hydrogen (secondary N) is 2. The number of fused-ring (bicyclic) bond motifs is 3. The van der Waals surface area contributed by atoms with Crippen LogP contribution in [0, 0.1) is 11.2 Å². The van der Waals surface area contributed by atoms with Crippen LogP contribution in [0.4, 0.5) is 38.8 Å². The van der Waals surface area contributed by atoms with Crippen molar-refractivity contribution < 1.29 is 19.1 Å². The molecular formula is C52H63FN10O4. The number of rotatable bonds is 10. The van der Waals surface area contributed by atoms with Crippen molar-refractivity contribution in [2.24, 2.45) is 12.5 Å². The number of aliphatic hydroxyl groups is 1. The lowest BCUT2D eigenvalue weighted by atomic mass is 9.86. The fourth-order valence-electron chi connectivity index (χ4n) is 10.8. The molecule has 4 aliphatic rings. The Bertz CT molecular complexity index is 2820. The molecule has 3 aliphatic heterocycles. The van der Waals surface area contributed by atoms with Crippen molar-refractivity contribution in [3.63, 3.8) is 0 Å². The van der Waals surface area contributed by atoms with Crippen molar-refractivity contribution in [3.05, 3.63) is 118 Å². The molecule has 0 radical (unpaired) electrons. The number of aryl methyl sites for hydroxylation is 1. The molecule has 1 aliphatic carbocycles. The van der Waals surface area contributed by atoms with Crippen LogP contribution in [-0.2, 0) is 43.3 Å². The quantitative estimate of drug-likeness (QED) is 0.121. The number of amides is 2. The number of hydrogen-bond donors (Lipinski definition) is 3. The summed E-state index contributed by atoms with van der Waals surface area (Å²) < 4.78 is 18.3. The van der Waals surface area contributed by atoms with Crippen molar-refractivity contribution >= 4 is 46.2 Å². The molecule has 3 N–H and O–H groups in total. The van der Waals surface area contributed by atoms with Crippen LogP contribution in [-0.4, -0.2) is 92.3 Å². The molecule has 0 bridgehead atoms. The van der Waals surface area contributed by atoms with E-state index >= 15 is 0 Å². The molecule has 1 unspecified atom stereocenters. The van der Waals surface area contributed by atoms with Crippen molar-refractivity contribution in [2.75, 3.05) is 64.6 Å². The number of benzene rings is 2. The standard InChI is InChI=1S/C52H63FN10O4/c1-9-46(65)56-41-25-34(10-13-43(41)61-21-20-60(29-32(61)2)35-15-18-59(19-16-35)36-11-12-40(53)39(26-36)51(3,4)5)55-47-50(67)58(8)30-42(57-47)37-14-17-54-48(38(37)31-64)63-23-22-62-44(49(63)66)24-33-27-52(6,7)28-45(33)62/h9-14,17,24-26,30,32,35,64H,1,15-16,18-23,27-29,31H2,2-8H3,(H,55,57)(H,56,65). The molecule has 0 saturated carbocycles. The van der Waals surface area contributed by atoms with E-state index in [0.29, 0.717) is 58.8 Å². The molecule has 14 nitrogen and oxygen atoms in total. The van der Waals surface area contributed by atoms with Crippen molar-refractivity contribution in [1.82, 2.24) is 24.0 Å². The normalized spacial score (nSPS) is 18.8. The Morgan fingerprint density at radius 2 is 1.78 bits per heavy atom. The van der Waals surface area contributed by atoms with Gasteiger partial charge in [-0.05, 0) is 109 Å².